The van der Waals surface area contributed by atoms with Crippen LogP contribution in [0.3, 0.4) is 0 Å². The van der Waals surface area contributed by atoms with E-state index in [-0.39, 0.29) is 36.7 Å². The van der Waals surface area contributed by atoms with Crippen molar-refractivity contribution < 1.29 is 34.1 Å². The molecule has 4 amide bonds. The lowest BCUT2D eigenvalue weighted by atomic mass is 9.90. The number of carboxylic acid groups (broad SMARTS) is 1. The fourth-order valence-corrected chi connectivity index (χ4v) is 5.29. The van der Waals surface area contributed by atoms with Crippen LogP contribution in [0.5, 0.6) is 5.75 Å². The number of phenolic OH excluding ortho intramolecular Hbond substituents is 1. The van der Waals surface area contributed by atoms with Crippen molar-refractivity contribution >= 4 is 47.0 Å². The van der Waals surface area contributed by atoms with Crippen molar-refractivity contribution in [3.8, 4) is 5.75 Å². The zero-order valence-corrected chi connectivity index (χ0v) is 22.7. The number of anilines is 2. The van der Waals surface area contributed by atoms with Crippen molar-refractivity contribution in [2.45, 2.75) is 24.5 Å². The number of carbonyl (C=O) groups excluding carboxylic acids is 3. The van der Waals surface area contributed by atoms with Crippen LogP contribution in [0.25, 0.3) is 0 Å². The van der Waals surface area contributed by atoms with Crippen LogP contribution >= 0.6 is 11.6 Å². The molecule has 3 aromatic rings. The number of nitrogens with zero attached hydrogens (tertiary/aromatic N) is 2. The Hall–Kier alpha value is -4.77. The molecule has 0 radical (unpaired) electrons. The summed E-state index contributed by atoms with van der Waals surface area (Å²) in [4.78, 5) is 53.3. The second-order valence-corrected chi connectivity index (χ2v) is 10.4. The highest BCUT2D eigenvalue weighted by Crippen LogP contribution is 2.44. The molecular weight excluding hydrogens is 552 g/mol. The van der Waals surface area contributed by atoms with Crippen LogP contribution in [0, 0.1) is 0 Å². The average Bonchev–Trinajstić information content (AvgIpc) is 3.37. The molecule has 1 spiro atoms. The molecule has 41 heavy (non-hydrogen) atoms. The van der Waals surface area contributed by atoms with Gasteiger partial charge in [0, 0.05) is 48.3 Å². The van der Waals surface area contributed by atoms with Crippen LogP contribution in [-0.2, 0) is 21.6 Å². The lowest BCUT2D eigenvalue weighted by molar-refractivity contribution is -0.133. The Morgan fingerprint density at radius 1 is 1.12 bits per heavy atom. The fourth-order valence-electron chi connectivity index (χ4n) is 5.12. The molecule has 1 unspecified atom stereocenters. The number of amides is 4. The van der Waals surface area contributed by atoms with Crippen molar-refractivity contribution in [1.29, 1.82) is 0 Å². The van der Waals surface area contributed by atoms with Gasteiger partial charge in [0.1, 0.15) is 11.8 Å². The molecule has 3 aromatic carbocycles. The first kappa shape index (κ1) is 27.8. The number of ether oxygens (including phenoxy) is 1. The van der Waals surface area contributed by atoms with Crippen LogP contribution in [-0.4, -0.2) is 65.3 Å². The van der Waals surface area contributed by atoms with Crippen LogP contribution < -0.4 is 15.5 Å². The maximum Gasteiger partial charge on any atom is 0.412 e. The van der Waals surface area contributed by atoms with Crippen LogP contribution in [0.1, 0.15) is 27.9 Å². The first-order chi connectivity index (χ1) is 19.5. The van der Waals surface area contributed by atoms with Gasteiger partial charge in [0.2, 0.25) is 5.91 Å². The van der Waals surface area contributed by atoms with Gasteiger partial charge in [-0.25, -0.2) is 9.59 Å². The van der Waals surface area contributed by atoms with Gasteiger partial charge in [0.25, 0.3) is 5.91 Å². The van der Waals surface area contributed by atoms with Crippen LogP contribution in [0.2, 0.25) is 5.02 Å². The van der Waals surface area contributed by atoms with Gasteiger partial charge in [0.15, 0.2) is 5.60 Å². The zero-order chi connectivity index (χ0) is 29.3. The van der Waals surface area contributed by atoms with Crippen molar-refractivity contribution in [3.05, 3.63) is 88.4 Å². The number of likely N-dealkylation sites (tertiary alicyclic amines) is 1. The molecule has 1 fully saturated rings. The zero-order valence-electron chi connectivity index (χ0n) is 22.0. The minimum atomic E-state index is -1.14. The highest BCUT2D eigenvalue weighted by Gasteiger charge is 2.49. The number of hydrogen-bond acceptors (Lipinski definition) is 6. The number of aromatic hydroxyl groups is 1. The van der Waals surface area contributed by atoms with Gasteiger partial charge >= 0.3 is 12.2 Å². The standard InChI is InChI=1S/C29H27ClN4O7/c1-33(28(39)40)20-7-4-18(5-8-20)25(36)31-24(14-17-2-9-21(35)10-3-17)26(37)34-13-12-29(16-34)22-15-19(30)6-11-23(22)32-27(38)41-29/h2-11,15,24,35H,12-14,16H2,1H3,(H,31,36)(H,32,38)(H,39,40)/t24-,29?/m0/s1. The third-order valence-corrected chi connectivity index (χ3v) is 7.56. The quantitative estimate of drug-likeness (QED) is 0.343. The van der Waals surface area contributed by atoms with Crippen molar-refractivity contribution in [2.75, 3.05) is 30.4 Å². The summed E-state index contributed by atoms with van der Waals surface area (Å²) in [6.45, 7) is 0.348. The number of rotatable bonds is 6. The van der Waals surface area contributed by atoms with E-state index >= 15 is 0 Å². The summed E-state index contributed by atoms with van der Waals surface area (Å²) in [5.74, 6) is -0.826. The first-order valence-electron chi connectivity index (χ1n) is 12.8. The van der Waals surface area contributed by atoms with Gasteiger partial charge in [-0.3, -0.25) is 19.8 Å². The third kappa shape index (κ3) is 5.75. The highest BCUT2D eigenvalue weighted by molar-refractivity contribution is 6.30. The molecule has 0 aromatic heterocycles. The molecule has 2 atom stereocenters. The summed E-state index contributed by atoms with van der Waals surface area (Å²) in [5.41, 5.74) is 1.47. The fraction of sp³-hybridized carbons (Fsp3) is 0.241. The number of hydrogen-bond donors (Lipinski definition) is 4. The van der Waals surface area contributed by atoms with E-state index < -0.39 is 29.7 Å². The topological polar surface area (TPSA) is 149 Å². The van der Waals surface area contributed by atoms with E-state index in [9.17, 15) is 29.4 Å². The monoisotopic (exact) mass is 578 g/mol. The molecule has 11 nitrogen and oxygen atoms in total. The van der Waals surface area contributed by atoms with Gasteiger partial charge in [-0.15, -0.1) is 0 Å². The number of fused-ring (bicyclic) bond motifs is 2. The average molecular weight is 579 g/mol. The highest BCUT2D eigenvalue weighted by atomic mass is 35.5. The minimum absolute atomic E-state index is 0.0682. The van der Waals surface area contributed by atoms with E-state index in [1.54, 1.807) is 35.2 Å². The van der Waals surface area contributed by atoms with Gasteiger partial charge in [-0.1, -0.05) is 23.7 Å². The molecule has 0 saturated carbocycles. The SMILES string of the molecule is CN(C(=O)O)c1ccc(C(=O)N[C@@H](Cc2ccc(O)cc2)C(=O)N2CCC3(C2)OC(=O)Nc2ccc(Cl)cc23)cc1. The lowest BCUT2D eigenvalue weighted by Crippen LogP contribution is -2.50. The molecule has 5 rings (SSSR count). The third-order valence-electron chi connectivity index (χ3n) is 7.32. The lowest BCUT2D eigenvalue weighted by Gasteiger charge is -2.35. The van der Waals surface area contributed by atoms with Gasteiger partial charge in [-0.05, 0) is 60.2 Å². The molecule has 0 bridgehead atoms. The Morgan fingerprint density at radius 3 is 2.51 bits per heavy atom. The largest absolute Gasteiger partial charge is 0.508 e. The summed E-state index contributed by atoms with van der Waals surface area (Å²) in [5, 5.41) is 24.8. The molecular formula is C29H27ClN4O7. The molecule has 12 heteroatoms. The molecule has 1 saturated heterocycles. The molecule has 2 aliphatic heterocycles. The summed E-state index contributed by atoms with van der Waals surface area (Å²) in [6, 6.07) is 16.4. The predicted octanol–water partition coefficient (Wildman–Crippen LogP) is 4.19. The number of phenols is 1. The Kier molecular flexibility index (Phi) is 7.46. The predicted molar refractivity (Wildman–Crippen MR) is 150 cm³/mol. The number of benzene rings is 3. The van der Waals surface area contributed by atoms with Crippen molar-refractivity contribution in [3.63, 3.8) is 0 Å². The molecule has 4 N–H and O–H groups in total. The molecule has 0 aliphatic carbocycles. The first-order valence-corrected chi connectivity index (χ1v) is 13.2. The Morgan fingerprint density at radius 2 is 1.83 bits per heavy atom. The molecule has 212 valence electrons. The van der Waals surface area contributed by atoms with E-state index in [0.717, 1.165) is 4.90 Å². The second kappa shape index (κ2) is 11.0. The summed E-state index contributed by atoms with van der Waals surface area (Å²) in [6.07, 6.45) is -1.29. The van der Waals surface area contributed by atoms with Gasteiger partial charge < -0.3 is 25.2 Å². The smallest absolute Gasteiger partial charge is 0.412 e. The van der Waals surface area contributed by atoms with E-state index in [2.05, 4.69) is 10.6 Å². The van der Waals surface area contributed by atoms with E-state index in [1.165, 1.54) is 43.4 Å². The van der Waals surface area contributed by atoms with Crippen LogP contribution in [0.4, 0.5) is 21.0 Å². The molecule has 2 aliphatic rings. The van der Waals surface area contributed by atoms with Crippen molar-refractivity contribution in [2.24, 2.45) is 0 Å². The molecule has 2 heterocycles. The van der Waals surface area contributed by atoms with Crippen LogP contribution in [0.15, 0.2) is 66.7 Å². The minimum Gasteiger partial charge on any atom is -0.508 e. The number of halogens is 1. The van der Waals surface area contributed by atoms with E-state index in [4.69, 9.17) is 16.3 Å². The Balaban J connectivity index is 1.39. The maximum atomic E-state index is 13.9. The Bertz CT molecular complexity index is 1510. The van der Waals surface area contributed by atoms with Gasteiger partial charge in [-0.2, -0.15) is 0 Å². The van der Waals surface area contributed by atoms with E-state index in [0.29, 0.717) is 33.9 Å². The van der Waals surface area contributed by atoms with Gasteiger partial charge in [0.05, 0.1) is 12.2 Å². The maximum absolute atomic E-state index is 13.9. The number of carbonyl (C=O) groups is 4. The summed E-state index contributed by atoms with van der Waals surface area (Å²) < 4.78 is 5.74. The number of nitrogens with one attached hydrogen (secondary N) is 2. The summed E-state index contributed by atoms with van der Waals surface area (Å²) >= 11 is 6.24. The second-order valence-electron chi connectivity index (χ2n) is 9.99. The van der Waals surface area contributed by atoms with Crippen molar-refractivity contribution in [1.82, 2.24) is 10.2 Å². The normalized spacial score (nSPS) is 18.2. The Labute approximate surface area is 240 Å². The van der Waals surface area contributed by atoms with E-state index in [1.807, 2.05) is 0 Å². The summed E-state index contributed by atoms with van der Waals surface area (Å²) in [7, 11) is 1.39.